The van der Waals surface area contributed by atoms with Gasteiger partial charge in [-0.1, -0.05) is 5.16 Å². The summed E-state index contributed by atoms with van der Waals surface area (Å²) < 4.78 is 18.3. The van der Waals surface area contributed by atoms with Crippen LogP contribution >= 0.6 is 0 Å². The number of nitro groups is 1. The zero-order valence-electron chi connectivity index (χ0n) is 10.4. The molecule has 0 aliphatic heterocycles. The molecule has 2 N–H and O–H groups in total. The Morgan fingerprint density at radius 3 is 2.86 bits per heavy atom. The molecule has 1 heterocycles. The average molecular weight is 296 g/mol. The van der Waals surface area contributed by atoms with Gasteiger partial charge in [-0.05, 0) is 0 Å². The van der Waals surface area contributed by atoms with E-state index in [1.165, 1.54) is 6.33 Å². The highest BCUT2D eigenvalue weighted by Gasteiger charge is 2.21. The number of halogens is 1. The van der Waals surface area contributed by atoms with E-state index in [-0.39, 0.29) is 18.7 Å². The highest BCUT2D eigenvalue weighted by atomic mass is 19.1. The lowest BCUT2D eigenvalue weighted by Gasteiger charge is -2.07. The molecule has 2 rings (SSSR count). The van der Waals surface area contributed by atoms with Crippen molar-refractivity contribution in [1.82, 2.24) is 10.1 Å². The van der Waals surface area contributed by atoms with Crippen LogP contribution in [0.4, 0.5) is 15.8 Å². The third-order valence-corrected chi connectivity index (χ3v) is 2.57. The molecule has 0 bridgehead atoms. The lowest BCUT2D eigenvalue weighted by Crippen LogP contribution is -2.10. The first-order valence-electron chi connectivity index (χ1n) is 5.69. The summed E-state index contributed by atoms with van der Waals surface area (Å²) >= 11 is 0. The molecule has 0 spiro atoms. The van der Waals surface area contributed by atoms with E-state index in [1.54, 1.807) is 0 Å². The smallest absolute Gasteiger partial charge is 0.338 e. The summed E-state index contributed by atoms with van der Waals surface area (Å²) in [4.78, 5) is 24.6. The number of hydrogen-bond acceptors (Lipinski definition) is 7. The summed E-state index contributed by atoms with van der Waals surface area (Å²) in [7, 11) is 0. The molecule has 9 nitrogen and oxygen atoms in total. The average Bonchev–Trinajstić information content (AvgIpc) is 2.91. The van der Waals surface area contributed by atoms with E-state index in [0.29, 0.717) is 12.0 Å². The summed E-state index contributed by atoms with van der Waals surface area (Å²) in [6.45, 7) is 0.175. The van der Waals surface area contributed by atoms with Gasteiger partial charge in [-0.15, -0.1) is 0 Å². The first kappa shape index (κ1) is 14.4. The van der Waals surface area contributed by atoms with Crippen LogP contribution in [0.1, 0.15) is 16.2 Å². The molecule has 0 saturated heterocycles. The van der Waals surface area contributed by atoms with Crippen molar-refractivity contribution in [3.8, 4) is 0 Å². The molecule has 1 aromatic heterocycles. The molecular weight excluding hydrogens is 287 g/mol. The molecule has 10 heteroatoms. The minimum absolute atomic E-state index is 0.123. The number of rotatable bonds is 6. The van der Waals surface area contributed by atoms with Gasteiger partial charge in [0.05, 0.1) is 4.92 Å². The zero-order valence-corrected chi connectivity index (χ0v) is 10.4. The molecule has 0 radical (unpaired) electrons. The van der Waals surface area contributed by atoms with Crippen molar-refractivity contribution in [2.24, 2.45) is 0 Å². The van der Waals surface area contributed by atoms with E-state index in [1.807, 2.05) is 0 Å². The highest BCUT2D eigenvalue weighted by molar-refractivity contribution is 5.90. The molecule has 21 heavy (non-hydrogen) atoms. The van der Waals surface area contributed by atoms with Gasteiger partial charge in [-0.25, -0.2) is 9.18 Å². The van der Waals surface area contributed by atoms with E-state index in [4.69, 9.17) is 9.63 Å². The third-order valence-electron chi connectivity index (χ3n) is 2.57. The van der Waals surface area contributed by atoms with Crippen LogP contribution in [-0.4, -0.2) is 32.7 Å². The number of aromatic carboxylic acids is 1. The minimum atomic E-state index is -1.58. The second kappa shape index (κ2) is 5.94. The quantitative estimate of drug-likeness (QED) is 0.605. The van der Waals surface area contributed by atoms with Crippen molar-refractivity contribution in [3.63, 3.8) is 0 Å². The molecule has 0 unspecified atom stereocenters. The van der Waals surface area contributed by atoms with Crippen LogP contribution in [0.15, 0.2) is 23.0 Å². The van der Waals surface area contributed by atoms with E-state index < -0.39 is 28.0 Å². The number of carboxylic acid groups (broad SMARTS) is 1. The summed E-state index contributed by atoms with van der Waals surface area (Å²) in [5.74, 6) is -2.32. The first-order valence-corrected chi connectivity index (χ1v) is 5.69. The van der Waals surface area contributed by atoms with Crippen molar-refractivity contribution in [2.45, 2.75) is 6.42 Å². The monoisotopic (exact) mass is 296 g/mol. The molecule has 110 valence electrons. The van der Waals surface area contributed by atoms with Gasteiger partial charge >= 0.3 is 5.97 Å². The van der Waals surface area contributed by atoms with Gasteiger partial charge in [0.1, 0.15) is 17.1 Å². The van der Waals surface area contributed by atoms with Crippen LogP contribution in [0.3, 0.4) is 0 Å². The van der Waals surface area contributed by atoms with Crippen LogP contribution < -0.4 is 5.32 Å². The Bertz CT molecular complexity index is 674. The number of carbonyl (C=O) groups is 1. The molecule has 0 aliphatic carbocycles. The number of carboxylic acids is 1. The summed E-state index contributed by atoms with van der Waals surface area (Å²) in [5, 5.41) is 25.7. The topological polar surface area (TPSA) is 131 Å². The van der Waals surface area contributed by atoms with E-state index in [2.05, 4.69) is 15.5 Å². The van der Waals surface area contributed by atoms with E-state index in [9.17, 15) is 19.3 Å². The maximum Gasteiger partial charge on any atom is 0.338 e. The van der Waals surface area contributed by atoms with Crippen LogP contribution in [0.25, 0.3) is 0 Å². The van der Waals surface area contributed by atoms with Gasteiger partial charge in [0.25, 0.3) is 5.69 Å². The molecule has 2 aromatic rings. The fraction of sp³-hybridized carbons (Fsp3) is 0.182. The van der Waals surface area contributed by atoms with E-state index in [0.717, 1.165) is 6.07 Å². The maximum absolute atomic E-state index is 13.6. The predicted molar refractivity (Wildman–Crippen MR) is 66.5 cm³/mol. The van der Waals surface area contributed by atoms with Crippen molar-refractivity contribution < 1.29 is 23.7 Å². The Labute approximate surface area is 116 Å². The molecular formula is C11H9FN4O5. The molecule has 0 fully saturated rings. The molecule has 0 atom stereocenters. The van der Waals surface area contributed by atoms with Gasteiger partial charge in [0.15, 0.2) is 6.33 Å². The molecule has 1 aromatic carbocycles. The summed E-state index contributed by atoms with van der Waals surface area (Å²) in [6.07, 6.45) is 1.48. The molecule has 0 amide bonds. The summed E-state index contributed by atoms with van der Waals surface area (Å²) in [5.41, 5.74) is -1.41. The Morgan fingerprint density at radius 1 is 1.52 bits per heavy atom. The maximum atomic E-state index is 13.6. The van der Waals surface area contributed by atoms with E-state index >= 15 is 0 Å². The Hall–Kier alpha value is -3.04. The Balaban J connectivity index is 2.19. The second-order valence-corrected chi connectivity index (χ2v) is 3.92. The number of nitrogens with zero attached hydrogens (tertiary/aromatic N) is 3. The van der Waals surface area contributed by atoms with Crippen LogP contribution in [-0.2, 0) is 6.42 Å². The number of anilines is 1. The fourth-order valence-corrected chi connectivity index (χ4v) is 1.63. The minimum Gasteiger partial charge on any atom is -0.478 e. The Kier molecular flexibility index (Phi) is 4.07. The number of nitro benzene ring substituents is 1. The van der Waals surface area contributed by atoms with Crippen LogP contribution in [0, 0.1) is 15.9 Å². The zero-order chi connectivity index (χ0) is 15.4. The van der Waals surface area contributed by atoms with Gasteiger partial charge in [-0.3, -0.25) is 10.1 Å². The largest absolute Gasteiger partial charge is 0.478 e. The lowest BCUT2D eigenvalue weighted by molar-refractivity contribution is -0.384. The van der Waals surface area contributed by atoms with Crippen molar-refractivity contribution in [2.75, 3.05) is 11.9 Å². The second-order valence-electron chi connectivity index (χ2n) is 3.92. The predicted octanol–water partition coefficient (Wildman–Crippen LogP) is 1.47. The molecule has 0 saturated carbocycles. The normalized spacial score (nSPS) is 10.3. The van der Waals surface area contributed by atoms with Crippen LogP contribution in [0.2, 0.25) is 0 Å². The van der Waals surface area contributed by atoms with Gasteiger partial charge in [0, 0.05) is 25.1 Å². The van der Waals surface area contributed by atoms with Gasteiger partial charge in [-0.2, -0.15) is 4.98 Å². The lowest BCUT2D eigenvalue weighted by atomic mass is 10.1. The van der Waals surface area contributed by atoms with Crippen molar-refractivity contribution in [3.05, 3.63) is 45.8 Å². The van der Waals surface area contributed by atoms with Gasteiger partial charge in [0.2, 0.25) is 5.89 Å². The van der Waals surface area contributed by atoms with Crippen molar-refractivity contribution in [1.29, 1.82) is 0 Å². The Morgan fingerprint density at radius 2 is 2.29 bits per heavy atom. The molecule has 0 aliphatic rings. The number of aromatic nitrogens is 2. The summed E-state index contributed by atoms with van der Waals surface area (Å²) in [6, 6.07) is 1.45. The third kappa shape index (κ3) is 3.29. The van der Waals surface area contributed by atoms with Crippen LogP contribution in [0.5, 0.6) is 0 Å². The standard InChI is InChI=1S/C11H9FN4O5/c12-7-4-8(13-2-1-10-14-5-15-21-10)9(16(19)20)3-6(7)11(17)18/h3-5,13H,1-2H2,(H,17,18). The van der Waals surface area contributed by atoms with Gasteiger partial charge < -0.3 is 14.9 Å². The number of benzene rings is 1. The first-order chi connectivity index (χ1) is 9.99. The van der Waals surface area contributed by atoms with Crippen molar-refractivity contribution >= 4 is 17.3 Å². The highest BCUT2D eigenvalue weighted by Crippen LogP contribution is 2.27. The number of nitrogens with one attached hydrogen (secondary N) is 1. The SMILES string of the molecule is O=C(O)c1cc([N+](=O)[O-])c(NCCc2ncno2)cc1F. The fourth-order valence-electron chi connectivity index (χ4n) is 1.63. The number of hydrogen-bond donors (Lipinski definition) is 2.